The highest BCUT2D eigenvalue weighted by Gasteiger charge is 2.12. The van der Waals surface area contributed by atoms with Gasteiger partial charge < -0.3 is 10.6 Å². The molecule has 0 aromatic heterocycles. The van der Waals surface area contributed by atoms with Crippen molar-refractivity contribution in [3.63, 3.8) is 0 Å². The Morgan fingerprint density at radius 3 is 2.35 bits per heavy atom. The topological polar surface area (TPSA) is 46.3 Å². The molecule has 0 bridgehead atoms. The molecule has 0 heterocycles. The zero-order chi connectivity index (χ0) is 14.7. The Hall–Kier alpha value is -2.29. The SMILES string of the molecule is Cc1ccc(CN(C)C(=O)c2ccc(N)c(C)c2)cc1. The van der Waals surface area contributed by atoms with Gasteiger partial charge in [0.25, 0.3) is 5.91 Å². The van der Waals surface area contributed by atoms with Crippen LogP contribution in [-0.2, 0) is 6.54 Å². The Labute approximate surface area is 120 Å². The van der Waals surface area contributed by atoms with Crippen molar-refractivity contribution in [2.45, 2.75) is 20.4 Å². The molecule has 0 saturated heterocycles. The van der Waals surface area contributed by atoms with Crippen molar-refractivity contribution in [1.82, 2.24) is 4.90 Å². The van der Waals surface area contributed by atoms with Crippen molar-refractivity contribution in [3.8, 4) is 0 Å². The number of hydrogen-bond acceptors (Lipinski definition) is 2. The maximum absolute atomic E-state index is 12.4. The molecular weight excluding hydrogens is 248 g/mol. The maximum atomic E-state index is 12.4. The Bertz CT molecular complexity index is 617. The summed E-state index contributed by atoms with van der Waals surface area (Å²) in [5.74, 6) is 0.00803. The van der Waals surface area contributed by atoms with Crippen LogP contribution in [0.4, 0.5) is 5.69 Å². The summed E-state index contributed by atoms with van der Waals surface area (Å²) < 4.78 is 0. The quantitative estimate of drug-likeness (QED) is 0.869. The van der Waals surface area contributed by atoms with E-state index < -0.39 is 0 Å². The van der Waals surface area contributed by atoms with E-state index in [1.807, 2.05) is 32.2 Å². The lowest BCUT2D eigenvalue weighted by molar-refractivity contribution is 0.0785. The third kappa shape index (κ3) is 3.18. The minimum absolute atomic E-state index is 0.00803. The molecule has 0 radical (unpaired) electrons. The third-order valence-corrected chi connectivity index (χ3v) is 3.40. The number of benzene rings is 2. The van der Waals surface area contributed by atoms with Gasteiger partial charge in [0.05, 0.1) is 0 Å². The van der Waals surface area contributed by atoms with Crippen LogP contribution in [0.15, 0.2) is 42.5 Å². The van der Waals surface area contributed by atoms with Gasteiger partial charge >= 0.3 is 0 Å². The lowest BCUT2D eigenvalue weighted by Gasteiger charge is -2.18. The molecule has 2 N–H and O–H groups in total. The predicted molar refractivity (Wildman–Crippen MR) is 82.6 cm³/mol. The van der Waals surface area contributed by atoms with Crippen LogP contribution >= 0.6 is 0 Å². The molecule has 2 rings (SSSR count). The van der Waals surface area contributed by atoms with E-state index in [2.05, 4.69) is 19.1 Å². The first kappa shape index (κ1) is 14.1. The zero-order valence-electron chi connectivity index (χ0n) is 12.2. The molecule has 0 aliphatic heterocycles. The van der Waals surface area contributed by atoms with Crippen LogP contribution in [0.5, 0.6) is 0 Å². The van der Waals surface area contributed by atoms with Gasteiger partial charge in [-0.25, -0.2) is 0 Å². The number of nitrogens with zero attached hydrogens (tertiary/aromatic N) is 1. The summed E-state index contributed by atoms with van der Waals surface area (Å²) in [6.45, 7) is 4.56. The van der Waals surface area contributed by atoms with E-state index >= 15 is 0 Å². The van der Waals surface area contributed by atoms with E-state index in [1.165, 1.54) is 5.56 Å². The number of carbonyl (C=O) groups excluding carboxylic acids is 1. The van der Waals surface area contributed by atoms with E-state index in [0.717, 1.165) is 11.1 Å². The van der Waals surface area contributed by atoms with Crippen molar-refractivity contribution in [3.05, 3.63) is 64.7 Å². The van der Waals surface area contributed by atoms with E-state index in [-0.39, 0.29) is 5.91 Å². The number of carbonyl (C=O) groups is 1. The van der Waals surface area contributed by atoms with Crippen LogP contribution in [0.3, 0.4) is 0 Å². The van der Waals surface area contributed by atoms with Crippen molar-refractivity contribution < 1.29 is 4.79 Å². The highest BCUT2D eigenvalue weighted by molar-refractivity contribution is 5.94. The second-order valence-electron chi connectivity index (χ2n) is 5.22. The molecular formula is C17H20N2O. The second-order valence-corrected chi connectivity index (χ2v) is 5.22. The molecule has 0 spiro atoms. The molecule has 3 nitrogen and oxygen atoms in total. The highest BCUT2D eigenvalue weighted by Crippen LogP contribution is 2.15. The lowest BCUT2D eigenvalue weighted by atomic mass is 10.1. The average molecular weight is 268 g/mol. The molecule has 0 saturated carbocycles. The van der Waals surface area contributed by atoms with E-state index in [0.29, 0.717) is 17.8 Å². The van der Waals surface area contributed by atoms with Crippen molar-refractivity contribution in [1.29, 1.82) is 0 Å². The average Bonchev–Trinajstić information content (AvgIpc) is 2.43. The fourth-order valence-electron chi connectivity index (χ4n) is 2.07. The summed E-state index contributed by atoms with van der Waals surface area (Å²) in [6.07, 6.45) is 0. The molecule has 20 heavy (non-hydrogen) atoms. The van der Waals surface area contributed by atoms with Gasteiger partial charge in [-0.05, 0) is 43.2 Å². The Morgan fingerprint density at radius 1 is 1.10 bits per heavy atom. The fraction of sp³-hybridized carbons (Fsp3) is 0.235. The molecule has 0 aliphatic carbocycles. The number of nitrogens with two attached hydrogens (primary N) is 1. The van der Waals surface area contributed by atoms with Crippen molar-refractivity contribution in [2.75, 3.05) is 12.8 Å². The van der Waals surface area contributed by atoms with Gasteiger partial charge in [-0.2, -0.15) is 0 Å². The lowest BCUT2D eigenvalue weighted by Crippen LogP contribution is -2.26. The molecule has 104 valence electrons. The van der Waals surface area contributed by atoms with Gasteiger partial charge in [-0.3, -0.25) is 4.79 Å². The summed E-state index contributed by atoms with van der Waals surface area (Å²) >= 11 is 0. The molecule has 2 aromatic rings. The van der Waals surface area contributed by atoms with Gasteiger partial charge in [0, 0.05) is 24.8 Å². The van der Waals surface area contributed by atoms with Crippen LogP contribution in [0.1, 0.15) is 27.0 Å². The minimum Gasteiger partial charge on any atom is -0.399 e. The van der Waals surface area contributed by atoms with Crippen LogP contribution in [-0.4, -0.2) is 17.9 Å². The summed E-state index contributed by atoms with van der Waals surface area (Å²) in [4.78, 5) is 14.1. The van der Waals surface area contributed by atoms with E-state index in [4.69, 9.17) is 5.73 Å². The highest BCUT2D eigenvalue weighted by atomic mass is 16.2. The largest absolute Gasteiger partial charge is 0.399 e. The Balaban J connectivity index is 2.11. The van der Waals surface area contributed by atoms with Gasteiger partial charge in [0.2, 0.25) is 0 Å². The molecule has 2 aromatic carbocycles. The van der Waals surface area contributed by atoms with Gasteiger partial charge in [0.1, 0.15) is 0 Å². The zero-order valence-corrected chi connectivity index (χ0v) is 12.2. The second kappa shape index (κ2) is 5.78. The van der Waals surface area contributed by atoms with Crippen LogP contribution in [0, 0.1) is 13.8 Å². The molecule has 0 aliphatic rings. The molecule has 0 unspecified atom stereocenters. The van der Waals surface area contributed by atoms with Crippen molar-refractivity contribution in [2.24, 2.45) is 0 Å². The normalized spacial score (nSPS) is 10.3. The number of hydrogen-bond donors (Lipinski definition) is 1. The van der Waals surface area contributed by atoms with Gasteiger partial charge in [-0.15, -0.1) is 0 Å². The first-order valence-electron chi connectivity index (χ1n) is 6.64. The molecule has 1 amide bonds. The predicted octanol–water partition coefficient (Wildman–Crippen LogP) is 3.16. The first-order chi connectivity index (χ1) is 9.47. The maximum Gasteiger partial charge on any atom is 0.253 e. The number of amides is 1. The first-order valence-corrected chi connectivity index (χ1v) is 6.64. The monoisotopic (exact) mass is 268 g/mol. The molecule has 3 heteroatoms. The minimum atomic E-state index is 0.00803. The van der Waals surface area contributed by atoms with Crippen molar-refractivity contribution >= 4 is 11.6 Å². The van der Waals surface area contributed by atoms with Crippen LogP contribution < -0.4 is 5.73 Å². The van der Waals surface area contributed by atoms with E-state index in [9.17, 15) is 4.79 Å². The number of anilines is 1. The van der Waals surface area contributed by atoms with Gasteiger partial charge in [-0.1, -0.05) is 29.8 Å². The number of rotatable bonds is 3. The number of aryl methyl sites for hydroxylation is 2. The third-order valence-electron chi connectivity index (χ3n) is 3.40. The summed E-state index contributed by atoms with van der Waals surface area (Å²) in [5, 5.41) is 0. The van der Waals surface area contributed by atoms with Gasteiger partial charge in [0.15, 0.2) is 0 Å². The summed E-state index contributed by atoms with van der Waals surface area (Å²) in [6, 6.07) is 13.6. The molecule has 0 atom stereocenters. The summed E-state index contributed by atoms with van der Waals surface area (Å²) in [7, 11) is 1.81. The number of nitrogen functional groups attached to an aromatic ring is 1. The Kier molecular flexibility index (Phi) is 4.08. The van der Waals surface area contributed by atoms with Crippen LogP contribution in [0.25, 0.3) is 0 Å². The van der Waals surface area contributed by atoms with Crippen LogP contribution in [0.2, 0.25) is 0 Å². The smallest absolute Gasteiger partial charge is 0.253 e. The standard InChI is InChI=1S/C17H20N2O/c1-12-4-6-14(7-5-12)11-19(3)17(20)15-8-9-16(18)13(2)10-15/h4-10H,11,18H2,1-3H3. The van der Waals surface area contributed by atoms with E-state index in [1.54, 1.807) is 17.0 Å². The molecule has 0 fully saturated rings. The summed E-state index contributed by atoms with van der Waals surface area (Å²) in [5.41, 5.74) is 10.4. The fourth-order valence-corrected chi connectivity index (χ4v) is 2.07. The Morgan fingerprint density at radius 2 is 1.75 bits per heavy atom.